The molecule has 3 heterocycles. The maximum Gasteiger partial charge on any atom is 0.338 e. The number of carbonyl (C=O) groups is 1. The van der Waals surface area contributed by atoms with Crippen LogP contribution < -0.4 is 4.74 Å². The first-order chi connectivity index (χ1) is 13.0. The molecule has 2 aromatic heterocycles. The van der Waals surface area contributed by atoms with Crippen molar-refractivity contribution in [2.24, 2.45) is 0 Å². The lowest BCUT2D eigenvalue weighted by atomic mass is 9.96. The van der Waals surface area contributed by atoms with E-state index < -0.39 is 12.1 Å². The number of rotatable bonds is 5. The molecule has 0 spiro atoms. The lowest BCUT2D eigenvalue weighted by Crippen LogP contribution is -2.18. The number of carboxylic acid groups (broad SMARTS) is 1. The Hall–Kier alpha value is -2.44. The fourth-order valence-corrected chi connectivity index (χ4v) is 4.65. The Kier molecular flexibility index (Phi) is 4.85. The van der Waals surface area contributed by atoms with E-state index >= 15 is 0 Å². The lowest BCUT2D eigenvalue weighted by molar-refractivity contribution is -0.153. The summed E-state index contributed by atoms with van der Waals surface area (Å²) in [6.45, 7) is 4.43. The summed E-state index contributed by atoms with van der Waals surface area (Å²) in [5.41, 5.74) is 3.03. The number of aryl methyl sites for hydroxylation is 1. The van der Waals surface area contributed by atoms with Gasteiger partial charge in [0.15, 0.2) is 6.10 Å². The van der Waals surface area contributed by atoms with Gasteiger partial charge in [-0.15, -0.1) is 11.3 Å². The highest BCUT2D eigenvalue weighted by Crippen LogP contribution is 2.43. The topological polar surface area (TPSA) is 68.7 Å². The van der Waals surface area contributed by atoms with Gasteiger partial charge in [0.25, 0.3) is 0 Å². The molecular weight excluding hydrogens is 362 g/mol. The number of ether oxygens (including phenoxy) is 2. The van der Waals surface area contributed by atoms with E-state index in [0.717, 1.165) is 52.1 Å². The van der Waals surface area contributed by atoms with Gasteiger partial charge in [-0.1, -0.05) is 6.07 Å². The van der Waals surface area contributed by atoms with E-state index in [1.54, 1.807) is 6.20 Å². The number of hydrogen-bond acceptors (Lipinski definition) is 5. The van der Waals surface area contributed by atoms with E-state index in [0.29, 0.717) is 4.88 Å². The van der Waals surface area contributed by atoms with Gasteiger partial charge >= 0.3 is 5.97 Å². The number of hydrogen-bond donors (Lipinski definition) is 1. The fourth-order valence-electron chi connectivity index (χ4n) is 3.45. The van der Waals surface area contributed by atoms with Crippen molar-refractivity contribution in [3.05, 3.63) is 47.0 Å². The van der Waals surface area contributed by atoms with Crippen LogP contribution in [0.3, 0.4) is 0 Å². The van der Waals surface area contributed by atoms with Crippen LogP contribution in [0, 0.1) is 0 Å². The van der Waals surface area contributed by atoms with Gasteiger partial charge in [0, 0.05) is 17.1 Å². The highest BCUT2D eigenvalue weighted by molar-refractivity contribution is 7.19. The van der Waals surface area contributed by atoms with Crippen LogP contribution in [0.4, 0.5) is 0 Å². The minimum Gasteiger partial charge on any atom is -0.493 e. The molecule has 0 bridgehead atoms. The third kappa shape index (κ3) is 3.42. The summed E-state index contributed by atoms with van der Waals surface area (Å²) in [5.74, 6) is -0.0739. The van der Waals surface area contributed by atoms with E-state index in [9.17, 15) is 9.90 Å². The van der Waals surface area contributed by atoms with Gasteiger partial charge in [0.05, 0.1) is 17.6 Å². The quantitative estimate of drug-likeness (QED) is 0.683. The molecule has 0 fully saturated rings. The predicted molar refractivity (Wildman–Crippen MR) is 105 cm³/mol. The van der Waals surface area contributed by atoms with Crippen LogP contribution in [0.5, 0.6) is 5.75 Å². The predicted octanol–water partition coefficient (Wildman–Crippen LogP) is 4.84. The minimum absolute atomic E-state index is 0.200. The lowest BCUT2D eigenvalue weighted by Gasteiger charge is -2.20. The number of fused-ring (bicyclic) bond motifs is 2. The molecule has 0 saturated carbocycles. The second kappa shape index (κ2) is 7.29. The van der Waals surface area contributed by atoms with Gasteiger partial charge in [0.1, 0.15) is 10.6 Å². The van der Waals surface area contributed by atoms with E-state index in [1.165, 1.54) is 11.3 Å². The van der Waals surface area contributed by atoms with Gasteiger partial charge in [-0.2, -0.15) is 0 Å². The van der Waals surface area contributed by atoms with E-state index in [1.807, 2.05) is 38.1 Å². The molecule has 0 radical (unpaired) electrons. The number of carboxylic acids is 1. The van der Waals surface area contributed by atoms with Gasteiger partial charge < -0.3 is 14.6 Å². The smallest absolute Gasteiger partial charge is 0.338 e. The molecule has 4 rings (SSSR count). The monoisotopic (exact) mass is 383 g/mol. The maximum absolute atomic E-state index is 12.0. The molecule has 1 aromatic carbocycles. The van der Waals surface area contributed by atoms with Gasteiger partial charge in [-0.05, 0) is 62.1 Å². The molecule has 1 aliphatic heterocycles. The number of thiophene rings is 1. The van der Waals surface area contributed by atoms with Crippen molar-refractivity contribution in [2.45, 2.75) is 38.9 Å². The molecule has 6 heteroatoms. The summed E-state index contributed by atoms with van der Waals surface area (Å²) >= 11 is 1.39. The molecule has 0 aliphatic carbocycles. The van der Waals surface area contributed by atoms with Crippen LogP contribution in [0.1, 0.15) is 36.8 Å². The molecule has 0 amide bonds. The zero-order valence-electron chi connectivity index (χ0n) is 15.3. The molecular formula is C21H21NO4S. The molecule has 1 aliphatic rings. The van der Waals surface area contributed by atoms with Gasteiger partial charge in [-0.25, -0.2) is 9.78 Å². The number of benzene rings is 1. The number of aliphatic carboxylic acids is 1. The normalized spacial score (nSPS) is 14.8. The summed E-state index contributed by atoms with van der Waals surface area (Å²) in [6.07, 6.45) is 2.46. The maximum atomic E-state index is 12.0. The SMILES string of the molecule is CC(C)OC(C(=O)O)c1sc2ncccc2c1-c1ccc2c(c1)CCCO2. The molecule has 0 saturated heterocycles. The van der Waals surface area contributed by atoms with Crippen molar-refractivity contribution in [3.8, 4) is 16.9 Å². The second-order valence-electron chi connectivity index (χ2n) is 6.88. The van der Waals surface area contributed by atoms with Gasteiger partial charge in [0.2, 0.25) is 0 Å². The Morgan fingerprint density at radius 2 is 2.19 bits per heavy atom. The minimum atomic E-state index is -1.02. The first kappa shape index (κ1) is 17.9. The van der Waals surface area contributed by atoms with E-state index in [4.69, 9.17) is 9.47 Å². The highest BCUT2D eigenvalue weighted by Gasteiger charge is 2.29. The van der Waals surface area contributed by atoms with Gasteiger partial charge in [-0.3, -0.25) is 0 Å². The van der Waals surface area contributed by atoms with Crippen LogP contribution in [0.15, 0.2) is 36.5 Å². The van der Waals surface area contributed by atoms with Crippen LogP contribution in [0.25, 0.3) is 21.3 Å². The van der Waals surface area contributed by atoms with E-state index in [-0.39, 0.29) is 6.10 Å². The Morgan fingerprint density at radius 1 is 1.33 bits per heavy atom. The molecule has 27 heavy (non-hydrogen) atoms. The second-order valence-corrected chi connectivity index (χ2v) is 7.91. The van der Waals surface area contributed by atoms with Crippen LogP contribution in [-0.4, -0.2) is 28.8 Å². The molecule has 5 nitrogen and oxygen atoms in total. The Labute approximate surface area is 161 Å². The summed E-state index contributed by atoms with van der Waals surface area (Å²) in [6, 6.07) is 9.95. The standard InChI is InChI=1S/C21H21NO4S/c1-12(2)26-18(21(23)24)19-17(15-6-3-9-22-20(15)27-19)14-7-8-16-13(11-14)5-4-10-25-16/h3,6-9,11-12,18H,4-5,10H2,1-2H3,(H,23,24). The first-order valence-electron chi connectivity index (χ1n) is 9.06. The van der Waals surface area contributed by atoms with Crippen LogP contribution in [-0.2, 0) is 16.0 Å². The third-order valence-corrected chi connectivity index (χ3v) is 5.72. The van der Waals surface area contributed by atoms with E-state index in [2.05, 4.69) is 11.1 Å². The molecule has 3 aromatic rings. The van der Waals surface area contributed by atoms with Crippen LogP contribution >= 0.6 is 11.3 Å². The Morgan fingerprint density at radius 3 is 2.96 bits per heavy atom. The highest BCUT2D eigenvalue weighted by atomic mass is 32.1. The van der Waals surface area contributed by atoms with Crippen molar-refractivity contribution >= 4 is 27.5 Å². The van der Waals surface area contributed by atoms with Crippen molar-refractivity contribution in [1.29, 1.82) is 0 Å². The average molecular weight is 383 g/mol. The van der Waals surface area contributed by atoms with Crippen molar-refractivity contribution in [2.75, 3.05) is 6.61 Å². The summed E-state index contributed by atoms with van der Waals surface area (Å²) in [4.78, 5) is 17.9. The fraction of sp³-hybridized carbons (Fsp3) is 0.333. The van der Waals surface area contributed by atoms with Crippen molar-refractivity contribution in [3.63, 3.8) is 0 Å². The van der Waals surface area contributed by atoms with Crippen molar-refractivity contribution in [1.82, 2.24) is 4.98 Å². The first-order valence-corrected chi connectivity index (χ1v) is 9.88. The molecule has 1 unspecified atom stereocenters. The molecule has 1 N–H and O–H groups in total. The molecule has 140 valence electrons. The van der Waals surface area contributed by atoms with Crippen LogP contribution in [0.2, 0.25) is 0 Å². The molecule has 1 atom stereocenters. The summed E-state index contributed by atoms with van der Waals surface area (Å²) in [5, 5.41) is 10.8. The third-order valence-electron chi connectivity index (χ3n) is 4.56. The number of pyridine rings is 1. The Balaban J connectivity index is 1.92. The summed E-state index contributed by atoms with van der Waals surface area (Å²) < 4.78 is 11.5. The summed E-state index contributed by atoms with van der Waals surface area (Å²) in [7, 11) is 0. The zero-order chi connectivity index (χ0) is 19.0. The Bertz CT molecular complexity index is 995. The van der Waals surface area contributed by atoms with Crippen molar-refractivity contribution < 1.29 is 19.4 Å². The zero-order valence-corrected chi connectivity index (χ0v) is 16.1. The average Bonchev–Trinajstić information content (AvgIpc) is 3.04. The number of nitrogens with zero attached hydrogens (tertiary/aromatic N) is 1. The number of aromatic nitrogens is 1. The largest absolute Gasteiger partial charge is 0.493 e.